The third kappa shape index (κ3) is 3.06. The van der Waals surface area contributed by atoms with Gasteiger partial charge in [0.05, 0.1) is 5.41 Å². The van der Waals surface area contributed by atoms with Crippen molar-refractivity contribution in [1.29, 1.82) is 0 Å². The van der Waals surface area contributed by atoms with Crippen LogP contribution < -0.4 is 0 Å². The lowest BCUT2D eigenvalue weighted by Crippen LogP contribution is -2.40. The van der Waals surface area contributed by atoms with Gasteiger partial charge in [0, 0.05) is 25.9 Å². The van der Waals surface area contributed by atoms with Crippen LogP contribution in [0.5, 0.6) is 0 Å². The lowest BCUT2D eigenvalue weighted by molar-refractivity contribution is -0.151. The number of likely N-dealkylation sites (tertiary alicyclic amines) is 1. The molecule has 1 aliphatic heterocycles. The zero-order valence-electron chi connectivity index (χ0n) is 12.6. The van der Waals surface area contributed by atoms with Crippen molar-refractivity contribution in [2.24, 2.45) is 11.3 Å². The standard InChI is InChI=1S/C14H21N3O4/c1-9(2)14(13(19)20)6-7-17(8-14)12(18)5-4-11-15-10(3)16-21-11/h9H,4-8H2,1-3H3,(H,19,20). The highest BCUT2D eigenvalue weighted by atomic mass is 16.5. The first kappa shape index (κ1) is 15.5. The third-order valence-corrected chi connectivity index (χ3v) is 4.31. The summed E-state index contributed by atoms with van der Waals surface area (Å²) in [6, 6.07) is 0. The molecule has 1 saturated heterocycles. The second kappa shape index (κ2) is 5.83. The summed E-state index contributed by atoms with van der Waals surface area (Å²) in [4.78, 5) is 29.4. The molecule has 1 aromatic rings. The molecule has 1 aliphatic rings. The molecule has 0 bridgehead atoms. The Kier molecular flexibility index (Phi) is 4.29. The zero-order chi connectivity index (χ0) is 15.6. The highest BCUT2D eigenvalue weighted by Crippen LogP contribution is 2.38. The summed E-state index contributed by atoms with van der Waals surface area (Å²) in [5.41, 5.74) is -0.823. The van der Waals surface area contributed by atoms with Crippen LogP contribution in [0.4, 0.5) is 0 Å². The van der Waals surface area contributed by atoms with Gasteiger partial charge in [-0.3, -0.25) is 9.59 Å². The van der Waals surface area contributed by atoms with Gasteiger partial charge in [0.15, 0.2) is 5.82 Å². The Bertz CT molecular complexity index is 540. The lowest BCUT2D eigenvalue weighted by Gasteiger charge is -2.28. The molecule has 1 atom stereocenters. The van der Waals surface area contributed by atoms with Crippen LogP contribution in [-0.2, 0) is 16.0 Å². The normalized spacial score (nSPS) is 22.0. The van der Waals surface area contributed by atoms with Gasteiger partial charge < -0.3 is 14.5 Å². The third-order valence-electron chi connectivity index (χ3n) is 4.31. The average molecular weight is 295 g/mol. The Morgan fingerprint density at radius 2 is 2.19 bits per heavy atom. The van der Waals surface area contributed by atoms with Gasteiger partial charge in [-0.2, -0.15) is 4.98 Å². The molecule has 1 fully saturated rings. The van der Waals surface area contributed by atoms with Crippen molar-refractivity contribution >= 4 is 11.9 Å². The molecule has 116 valence electrons. The number of aromatic nitrogens is 2. The van der Waals surface area contributed by atoms with Gasteiger partial charge in [-0.05, 0) is 19.3 Å². The highest BCUT2D eigenvalue weighted by molar-refractivity contribution is 5.81. The topological polar surface area (TPSA) is 96.5 Å². The first-order chi connectivity index (χ1) is 9.85. The average Bonchev–Trinajstić information content (AvgIpc) is 3.03. The molecule has 0 aromatic carbocycles. The molecular weight excluding hydrogens is 274 g/mol. The van der Waals surface area contributed by atoms with Gasteiger partial charge in [-0.1, -0.05) is 19.0 Å². The lowest BCUT2D eigenvalue weighted by atomic mass is 9.76. The first-order valence-corrected chi connectivity index (χ1v) is 7.15. The summed E-state index contributed by atoms with van der Waals surface area (Å²) < 4.78 is 4.97. The van der Waals surface area contributed by atoms with Crippen molar-refractivity contribution in [2.45, 2.75) is 40.0 Å². The molecule has 0 radical (unpaired) electrons. The first-order valence-electron chi connectivity index (χ1n) is 7.15. The second-order valence-corrected chi connectivity index (χ2v) is 5.92. The van der Waals surface area contributed by atoms with Gasteiger partial charge in [0.1, 0.15) is 0 Å². The minimum Gasteiger partial charge on any atom is -0.481 e. The van der Waals surface area contributed by atoms with E-state index in [-0.39, 0.29) is 24.8 Å². The van der Waals surface area contributed by atoms with E-state index in [1.165, 1.54) is 0 Å². The number of nitrogens with zero attached hydrogens (tertiary/aromatic N) is 3. The van der Waals surface area contributed by atoms with E-state index in [1.54, 1.807) is 11.8 Å². The fraction of sp³-hybridized carbons (Fsp3) is 0.714. The van der Waals surface area contributed by atoms with Crippen molar-refractivity contribution in [3.05, 3.63) is 11.7 Å². The van der Waals surface area contributed by atoms with Crippen LogP contribution in [-0.4, -0.2) is 45.1 Å². The Balaban J connectivity index is 1.94. The Hall–Kier alpha value is -1.92. The number of carboxylic acid groups (broad SMARTS) is 1. The number of carbonyl (C=O) groups is 2. The molecule has 7 heteroatoms. The predicted octanol–water partition coefficient (Wildman–Crippen LogP) is 1.27. The molecule has 1 amide bonds. The molecule has 0 aliphatic carbocycles. The zero-order valence-corrected chi connectivity index (χ0v) is 12.6. The highest BCUT2D eigenvalue weighted by Gasteiger charge is 2.48. The van der Waals surface area contributed by atoms with E-state index in [2.05, 4.69) is 10.1 Å². The molecule has 1 unspecified atom stereocenters. The molecule has 2 heterocycles. The number of carboxylic acids is 1. The molecule has 0 spiro atoms. The molecule has 0 saturated carbocycles. The number of carbonyl (C=O) groups excluding carboxylic acids is 1. The van der Waals surface area contributed by atoms with Crippen molar-refractivity contribution in [3.8, 4) is 0 Å². The van der Waals surface area contributed by atoms with Crippen LogP contribution in [0.2, 0.25) is 0 Å². The number of amides is 1. The van der Waals surface area contributed by atoms with E-state index in [0.717, 1.165) is 0 Å². The van der Waals surface area contributed by atoms with E-state index >= 15 is 0 Å². The summed E-state index contributed by atoms with van der Waals surface area (Å²) in [6.45, 7) is 6.28. The maximum absolute atomic E-state index is 12.2. The van der Waals surface area contributed by atoms with E-state index in [9.17, 15) is 14.7 Å². The SMILES string of the molecule is Cc1noc(CCC(=O)N2CCC(C(=O)O)(C(C)C)C2)n1. The smallest absolute Gasteiger partial charge is 0.311 e. The van der Waals surface area contributed by atoms with E-state index in [0.29, 0.717) is 31.1 Å². The Morgan fingerprint density at radius 3 is 2.67 bits per heavy atom. The van der Waals surface area contributed by atoms with Gasteiger partial charge in [0.25, 0.3) is 0 Å². The minimum atomic E-state index is -0.823. The van der Waals surface area contributed by atoms with Crippen LogP contribution in [0, 0.1) is 18.3 Å². The van der Waals surface area contributed by atoms with Crippen LogP contribution >= 0.6 is 0 Å². The molecule has 21 heavy (non-hydrogen) atoms. The van der Waals surface area contributed by atoms with Gasteiger partial charge >= 0.3 is 5.97 Å². The summed E-state index contributed by atoms with van der Waals surface area (Å²) in [5, 5.41) is 13.1. The van der Waals surface area contributed by atoms with Gasteiger partial charge in [-0.15, -0.1) is 0 Å². The Labute approximate surface area is 123 Å². The predicted molar refractivity (Wildman–Crippen MR) is 73.5 cm³/mol. The minimum absolute atomic E-state index is 0.00797. The molecule has 2 rings (SSSR count). The summed E-state index contributed by atoms with van der Waals surface area (Å²) >= 11 is 0. The van der Waals surface area contributed by atoms with Gasteiger partial charge in [0.2, 0.25) is 11.8 Å². The summed E-state index contributed by atoms with van der Waals surface area (Å²) in [5.74, 6) is 0.0954. The number of aliphatic carboxylic acids is 1. The van der Waals surface area contributed by atoms with Crippen molar-refractivity contribution in [2.75, 3.05) is 13.1 Å². The monoisotopic (exact) mass is 295 g/mol. The quantitative estimate of drug-likeness (QED) is 0.878. The Morgan fingerprint density at radius 1 is 1.48 bits per heavy atom. The molecular formula is C14H21N3O4. The molecule has 1 aromatic heterocycles. The number of rotatable bonds is 5. The number of hydrogen-bond donors (Lipinski definition) is 1. The van der Waals surface area contributed by atoms with Crippen molar-refractivity contribution in [1.82, 2.24) is 15.0 Å². The number of hydrogen-bond acceptors (Lipinski definition) is 5. The van der Waals surface area contributed by atoms with Crippen LogP contribution in [0.15, 0.2) is 4.52 Å². The van der Waals surface area contributed by atoms with Crippen molar-refractivity contribution in [3.63, 3.8) is 0 Å². The molecule has 7 nitrogen and oxygen atoms in total. The fourth-order valence-electron chi connectivity index (χ4n) is 2.75. The van der Waals surface area contributed by atoms with Crippen molar-refractivity contribution < 1.29 is 19.2 Å². The van der Waals surface area contributed by atoms with E-state index < -0.39 is 11.4 Å². The molecule has 1 N–H and O–H groups in total. The van der Waals surface area contributed by atoms with Gasteiger partial charge in [-0.25, -0.2) is 0 Å². The van der Waals surface area contributed by atoms with E-state index in [1.807, 2.05) is 13.8 Å². The van der Waals surface area contributed by atoms with Crippen LogP contribution in [0.3, 0.4) is 0 Å². The van der Waals surface area contributed by atoms with Crippen LogP contribution in [0.25, 0.3) is 0 Å². The second-order valence-electron chi connectivity index (χ2n) is 5.92. The number of aryl methyl sites for hydroxylation is 2. The van der Waals surface area contributed by atoms with E-state index in [4.69, 9.17) is 4.52 Å². The largest absolute Gasteiger partial charge is 0.481 e. The fourth-order valence-corrected chi connectivity index (χ4v) is 2.75. The maximum Gasteiger partial charge on any atom is 0.311 e. The summed E-state index contributed by atoms with van der Waals surface area (Å²) in [6.07, 6.45) is 1.15. The van der Waals surface area contributed by atoms with Crippen LogP contribution in [0.1, 0.15) is 38.4 Å². The summed E-state index contributed by atoms with van der Waals surface area (Å²) in [7, 11) is 0. The maximum atomic E-state index is 12.2.